The number of hydrogen-bond acceptors (Lipinski definition) is 5. The first kappa shape index (κ1) is 21.9. The summed E-state index contributed by atoms with van der Waals surface area (Å²) in [6, 6.07) is 12.6. The summed E-state index contributed by atoms with van der Waals surface area (Å²) in [5.41, 5.74) is 2.29. The standard InChI is InChI=1S/C24H27FN2O5/c1-16(14-25)32-19-7-8-20(22(13-19)30-2)23(28)26-11-9-18(10-12-26)27-21-6-4-3-5-17(21)15-31-24(27)29/h3-8,13,16,18H,9-12,14-15H2,1-2H3. The highest BCUT2D eigenvalue weighted by molar-refractivity contribution is 5.97. The third kappa shape index (κ3) is 4.35. The number of methoxy groups -OCH3 is 1. The summed E-state index contributed by atoms with van der Waals surface area (Å²) in [5, 5.41) is 0. The van der Waals surface area contributed by atoms with Crippen LogP contribution in [-0.2, 0) is 11.3 Å². The summed E-state index contributed by atoms with van der Waals surface area (Å²) >= 11 is 0. The Hall–Kier alpha value is -3.29. The van der Waals surface area contributed by atoms with Crippen LogP contribution in [0.1, 0.15) is 35.7 Å². The van der Waals surface area contributed by atoms with Crippen molar-refractivity contribution in [3.63, 3.8) is 0 Å². The minimum atomic E-state index is -0.604. The van der Waals surface area contributed by atoms with Crippen LogP contribution in [0.5, 0.6) is 11.5 Å². The number of likely N-dealkylation sites (tertiary alicyclic amines) is 1. The molecule has 0 radical (unpaired) electrons. The number of carbonyl (C=O) groups excluding carboxylic acids is 2. The number of ether oxygens (including phenoxy) is 3. The van der Waals surface area contributed by atoms with E-state index in [2.05, 4.69) is 0 Å². The normalized spacial score (nSPS) is 17.4. The highest BCUT2D eigenvalue weighted by atomic mass is 19.1. The topological polar surface area (TPSA) is 68.3 Å². The molecule has 0 saturated carbocycles. The van der Waals surface area contributed by atoms with Crippen LogP contribution in [0.15, 0.2) is 42.5 Å². The van der Waals surface area contributed by atoms with E-state index in [9.17, 15) is 14.0 Å². The number of fused-ring (bicyclic) bond motifs is 1. The summed E-state index contributed by atoms with van der Waals surface area (Å²) in [6.07, 6.45) is 0.375. The van der Waals surface area contributed by atoms with E-state index in [0.29, 0.717) is 43.0 Å². The van der Waals surface area contributed by atoms with Gasteiger partial charge in [-0.1, -0.05) is 18.2 Å². The van der Waals surface area contributed by atoms with Gasteiger partial charge in [-0.2, -0.15) is 0 Å². The highest BCUT2D eigenvalue weighted by Crippen LogP contribution is 2.33. The van der Waals surface area contributed by atoms with Gasteiger partial charge in [-0.25, -0.2) is 9.18 Å². The van der Waals surface area contributed by atoms with Crippen molar-refractivity contribution >= 4 is 17.7 Å². The maximum atomic E-state index is 13.2. The van der Waals surface area contributed by atoms with Gasteiger partial charge in [0, 0.05) is 30.8 Å². The Bertz CT molecular complexity index is 990. The van der Waals surface area contributed by atoms with Crippen molar-refractivity contribution in [1.82, 2.24) is 4.90 Å². The molecule has 2 aliphatic rings. The number of nitrogens with zero attached hydrogens (tertiary/aromatic N) is 2. The SMILES string of the molecule is COc1cc(OC(C)CF)ccc1C(=O)N1CCC(N2C(=O)OCc3ccccc32)CC1. The number of rotatable bonds is 6. The van der Waals surface area contributed by atoms with Crippen LogP contribution < -0.4 is 14.4 Å². The Balaban J connectivity index is 1.45. The molecule has 1 atom stereocenters. The van der Waals surface area contributed by atoms with E-state index in [0.717, 1.165) is 11.3 Å². The number of piperidine rings is 1. The Morgan fingerprint density at radius 2 is 1.97 bits per heavy atom. The molecular weight excluding hydrogens is 415 g/mol. The van der Waals surface area contributed by atoms with E-state index in [1.807, 2.05) is 24.3 Å². The maximum absolute atomic E-state index is 13.2. The van der Waals surface area contributed by atoms with Crippen LogP contribution in [0, 0.1) is 0 Å². The first-order valence-electron chi connectivity index (χ1n) is 10.8. The number of halogens is 1. The van der Waals surface area contributed by atoms with Gasteiger partial charge in [0.05, 0.1) is 18.4 Å². The van der Waals surface area contributed by atoms with E-state index < -0.39 is 12.8 Å². The monoisotopic (exact) mass is 442 g/mol. The number of benzene rings is 2. The summed E-state index contributed by atoms with van der Waals surface area (Å²) in [7, 11) is 1.49. The fourth-order valence-electron chi connectivity index (χ4n) is 4.20. The van der Waals surface area contributed by atoms with Crippen LogP contribution in [0.25, 0.3) is 0 Å². The largest absolute Gasteiger partial charge is 0.496 e. The lowest BCUT2D eigenvalue weighted by molar-refractivity contribution is 0.0705. The first-order valence-corrected chi connectivity index (χ1v) is 10.8. The molecule has 7 nitrogen and oxygen atoms in total. The first-order chi connectivity index (χ1) is 15.5. The summed E-state index contributed by atoms with van der Waals surface area (Å²) in [5.74, 6) is 0.686. The molecule has 4 rings (SSSR count). The third-order valence-electron chi connectivity index (χ3n) is 5.87. The van der Waals surface area contributed by atoms with Gasteiger partial charge in [-0.05, 0) is 38.0 Å². The lowest BCUT2D eigenvalue weighted by Crippen LogP contribution is -2.50. The Kier molecular flexibility index (Phi) is 6.48. The number of carbonyl (C=O) groups is 2. The molecule has 0 spiro atoms. The second-order valence-electron chi connectivity index (χ2n) is 8.02. The van der Waals surface area contributed by atoms with Crippen molar-refractivity contribution in [1.29, 1.82) is 0 Å². The number of cyclic esters (lactones) is 1. The van der Waals surface area contributed by atoms with E-state index in [1.54, 1.807) is 34.9 Å². The van der Waals surface area contributed by atoms with Crippen LogP contribution in [0.3, 0.4) is 0 Å². The molecule has 2 amide bonds. The predicted octanol–water partition coefficient (Wildman–Crippen LogP) is 4.19. The van der Waals surface area contributed by atoms with Crippen LogP contribution in [0.4, 0.5) is 14.9 Å². The van der Waals surface area contributed by atoms with Gasteiger partial charge < -0.3 is 19.1 Å². The maximum Gasteiger partial charge on any atom is 0.414 e. The zero-order valence-electron chi connectivity index (χ0n) is 18.3. The second kappa shape index (κ2) is 9.46. The number of amides is 2. The van der Waals surface area contributed by atoms with Crippen molar-refractivity contribution in [2.24, 2.45) is 0 Å². The van der Waals surface area contributed by atoms with Crippen molar-refractivity contribution in [2.75, 3.05) is 31.8 Å². The number of hydrogen-bond donors (Lipinski definition) is 0. The van der Waals surface area contributed by atoms with E-state index in [4.69, 9.17) is 14.2 Å². The van der Waals surface area contributed by atoms with E-state index in [-0.39, 0.29) is 24.6 Å². The molecule has 170 valence electrons. The van der Waals surface area contributed by atoms with Gasteiger partial charge >= 0.3 is 6.09 Å². The molecule has 1 fully saturated rings. The minimum absolute atomic E-state index is 0.0344. The molecule has 0 bridgehead atoms. The van der Waals surface area contributed by atoms with E-state index >= 15 is 0 Å². The van der Waals surface area contributed by atoms with Gasteiger partial charge in [0.25, 0.3) is 5.91 Å². The average molecular weight is 442 g/mol. The number of alkyl halides is 1. The lowest BCUT2D eigenvalue weighted by atomic mass is 10.00. The number of para-hydroxylation sites is 1. The quantitative estimate of drug-likeness (QED) is 0.671. The van der Waals surface area contributed by atoms with Gasteiger partial charge in [0.1, 0.15) is 30.9 Å². The Morgan fingerprint density at radius 1 is 1.22 bits per heavy atom. The molecule has 2 aliphatic heterocycles. The van der Waals surface area contributed by atoms with Gasteiger partial charge in [0.2, 0.25) is 0 Å². The van der Waals surface area contributed by atoms with Gasteiger partial charge in [-0.3, -0.25) is 9.69 Å². The fourth-order valence-corrected chi connectivity index (χ4v) is 4.20. The average Bonchev–Trinajstić information content (AvgIpc) is 2.83. The molecular formula is C24H27FN2O5. The molecule has 2 aromatic rings. The Labute approximate surface area is 186 Å². The minimum Gasteiger partial charge on any atom is -0.496 e. The summed E-state index contributed by atoms with van der Waals surface area (Å²) < 4.78 is 28.9. The van der Waals surface area contributed by atoms with Crippen molar-refractivity contribution < 1.29 is 28.2 Å². The zero-order chi connectivity index (χ0) is 22.7. The zero-order valence-corrected chi connectivity index (χ0v) is 18.3. The summed E-state index contributed by atoms with van der Waals surface area (Å²) in [4.78, 5) is 29.1. The van der Waals surface area contributed by atoms with Crippen LogP contribution in [-0.4, -0.2) is 55.9 Å². The molecule has 2 heterocycles. The van der Waals surface area contributed by atoms with Crippen molar-refractivity contribution in [2.45, 2.75) is 38.5 Å². The number of anilines is 1. The molecule has 32 heavy (non-hydrogen) atoms. The smallest absolute Gasteiger partial charge is 0.414 e. The highest BCUT2D eigenvalue weighted by Gasteiger charge is 2.35. The van der Waals surface area contributed by atoms with Crippen molar-refractivity contribution in [3.8, 4) is 11.5 Å². The molecule has 2 aromatic carbocycles. The molecule has 8 heteroatoms. The third-order valence-corrected chi connectivity index (χ3v) is 5.87. The molecule has 0 aromatic heterocycles. The van der Waals surface area contributed by atoms with Crippen molar-refractivity contribution in [3.05, 3.63) is 53.6 Å². The van der Waals surface area contributed by atoms with Gasteiger partial charge in [-0.15, -0.1) is 0 Å². The van der Waals surface area contributed by atoms with Crippen LogP contribution >= 0.6 is 0 Å². The van der Waals surface area contributed by atoms with Crippen LogP contribution in [0.2, 0.25) is 0 Å². The molecule has 0 N–H and O–H groups in total. The van der Waals surface area contributed by atoms with E-state index in [1.165, 1.54) is 7.11 Å². The predicted molar refractivity (Wildman–Crippen MR) is 117 cm³/mol. The molecule has 1 unspecified atom stereocenters. The Morgan fingerprint density at radius 3 is 2.69 bits per heavy atom. The summed E-state index contributed by atoms with van der Waals surface area (Å²) in [6.45, 7) is 2.33. The second-order valence-corrected chi connectivity index (χ2v) is 8.02. The fraction of sp³-hybridized carbons (Fsp3) is 0.417. The van der Waals surface area contributed by atoms with Gasteiger partial charge in [0.15, 0.2) is 0 Å². The molecule has 1 saturated heterocycles. The molecule has 0 aliphatic carbocycles. The lowest BCUT2D eigenvalue weighted by Gasteiger charge is -2.40.